The van der Waals surface area contributed by atoms with Gasteiger partial charge in [0.05, 0.1) is 16.9 Å². The van der Waals surface area contributed by atoms with Gasteiger partial charge in [0, 0.05) is 0 Å². The molecule has 2 aliphatic carbocycles. The molecular weight excluding hydrogens is 374 g/mol. The van der Waals surface area contributed by atoms with E-state index in [-0.39, 0.29) is 15.8 Å². The molecule has 7 nitrogen and oxygen atoms in total. The van der Waals surface area contributed by atoms with Crippen LogP contribution < -0.4 is 15.2 Å². The Morgan fingerprint density at radius 2 is 1.96 bits per heavy atom. The van der Waals surface area contributed by atoms with Crippen LogP contribution in [0.5, 0.6) is 0 Å². The van der Waals surface area contributed by atoms with E-state index in [0.29, 0.717) is 17.5 Å². The van der Waals surface area contributed by atoms with Crippen molar-refractivity contribution in [3.63, 3.8) is 0 Å². The van der Waals surface area contributed by atoms with Crippen molar-refractivity contribution in [1.29, 1.82) is 0 Å². The van der Waals surface area contributed by atoms with Crippen LogP contribution in [0.25, 0.3) is 0 Å². The number of anilines is 1. The molecule has 10 heteroatoms. The minimum Gasteiger partial charge on any atom is -0.368 e. The largest absolute Gasteiger partial charge is 0.368 e. The highest BCUT2D eigenvalue weighted by atomic mass is 35.5. The van der Waals surface area contributed by atoms with E-state index in [0.717, 1.165) is 25.3 Å². The van der Waals surface area contributed by atoms with E-state index in [2.05, 4.69) is 10.0 Å². The van der Waals surface area contributed by atoms with E-state index in [1.807, 2.05) is 0 Å². The van der Waals surface area contributed by atoms with Crippen molar-refractivity contribution in [2.45, 2.75) is 41.6 Å². The quantitative estimate of drug-likeness (QED) is 0.705. The molecule has 0 saturated heterocycles. The molecule has 4 rings (SSSR count). The first kappa shape index (κ1) is 16.6. The van der Waals surface area contributed by atoms with E-state index >= 15 is 0 Å². The number of primary sulfonamides is 1. The predicted octanol–water partition coefficient (Wildman–Crippen LogP) is 1.45. The van der Waals surface area contributed by atoms with Gasteiger partial charge in [-0.2, -0.15) is 4.72 Å². The Balaban J connectivity index is 1.75. The molecule has 0 radical (unpaired) electrons. The molecule has 2 saturated carbocycles. The van der Waals surface area contributed by atoms with Gasteiger partial charge in [0.1, 0.15) is 9.79 Å². The lowest BCUT2D eigenvalue weighted by Gasteiger charge is -2.36. The second-order valence-electron chi connectivity index (χ2n) is 6.91. The van der Waals surface area contributed by atoms with E-state index in [9.17, 15) is 16.8 Å². The summed E-state index contributed by atoms with van der Waals surface area (Å²) in [6, 6.07) is 2.34. The SMILES string of the molecule is NS(=O)(=O)c1cc2c(cc1Cl)N[C@@H]([C@H]1C[C@H]3CC[C@@H]1C3)NS2(=O)=O. The number of benzene rings is 1. The summed E-state index contributed by atoms with van der Waals surface area (Å²) < 4.78 is 51.0. The maximum atomic E-state index is 12.6. The molecular formula is C14H18ClN3O4S2. The molecule has 1 aromatic rings. The summed E-state index contributed by atoms with van der Waals surface area (Å²) in [6.07, 6.45) is 4.12. The lowest BCUT2D eigenvalue weighted by Crippen LogP contribution is -2.50. The molecule has 1 heterocycles. The van der Waals surface area contributed by atoms with Gasteiger partial charge in [-0.15, -0.1) is 0 Å². The number of hydrogen-bond acceptors (Lipinski definition) is 5. The zero-order chi connectivity index (χ0) is 17.3. The molecule has 0 unspecified atom stereocenters. The van der Waals surface area contributed by atoms with Crippen LogP contribution >= 0.6 is 11.6 Å². The van der Waals surface area contributed by atoms with Crippen molar-refractivity contribution >= 4 is 37.3 Å². The molecule has 132 valence electrons. The standard InChI is InChI=1S/C14H18ClN3O4S2/c15-10-5-11-13(6-12(10)23(16,19)20)24(21,22)18-14(17-11)9-4-7-1-2-8(9)3-7/h5-9,14,17-18H,1-4H2,(H2,16,19,20)/t7-,8+,9-,14+/m0/s1. The fourth-order valence-corrected chi connectivity index (χ4v) is 6.96. The monoisotopic (exact) mass is 391 g/mol. The molecule has 1 aromatic carbocycles. The van der Waals surface area contributed by atoms with Gasteiger partial charge in [-0.3, -0.25) is 0 Å². The third-order valence-corrected chi connectivity index (χ3v) is 8.30. The fourth-order valence-electron chi connectivity index (χ4n) is 4.41. The normalized spacial score (nSPS) is 33.9. The van der Waals surface area contributed by atoms with Crippen molar-refractivity contribution in [1.82, 2.24) is 4.72 Å². The number of halogens is 1. The van der Waals surface area contributed by atoms with Gasteiger partial charge in [-0.1, -0.05) is 18.0 Å². The van der Waals surface area contributed by atoms with E-state index in [1.165, 1.54) is 12.5 Å². The summed E-state index contributed by atoms with van der Waals surface area (Å²) in [4.78, 5) is -0.538. The van der Waals surface area contributed by atoms with Crippen LogP contribution in [0.15, 0.2) is 21.9 Å². The third kappa shape index (κ3) is 2.62. The Hall–Kier alpha value is -0.870. The van der Waals surface area contributed by atoms with Crippen molar-refractivity contribution in [3.8, 4) is 0 Å². The van der Waals surface area contributed by atoms with Crippen molar-refractivity contribution in [2.24, 2.45) is 22.9 Å². The summed E-state index contributed by atoms with van der Waals surface area (Å²) in [7, 11) is -7.94. The van der Waals surface area contributed by atoms with Crippen LogP contribution in [-0.4, -0.2) is 23.0 Å². The topological polar surface area (TPSA) is 118 Å². The lowest BCUT2D eigenvalue weighted by atomic mass is 9.86. The van der Waals surface area contributed by atoms with Gasteiger partial charge in [0.2, 0.25) is 20.0 Å². The van der Waals surface area contributed by atoms with Crippen LogP contribution in [0.3, 0.4) is 0 Å². The molecule has 1 aliphatic heterocycles. The number of nitrogens with one attached hydrogen (secondary N) is 2. The second-order valence-corrected chi connectivity index (χ2v) is 10.5. The molecule has 4 atom stereocenters. The average molecular weight is 392 g/mol. The Labute approximate surface area is 146 Å². The van der Waals surface area contributed by atoms with Gasteiger partial charge in [0.15, 0.2) is 0 Å². The van der Waals surface area contributed by atoms with Crippen molar-refractivity contribution in [3.05, 3.63) is 17.2 Å². The molecule has 0 spiro atoms. The van der Waals surface area contributed by atoms with Gasteiger partial charge in [0.25, 0.3) is 0 Å². The minimum atomic E-state index is -4.11. The first-order valence-corrected chi connectivity index (χ1v) is 11.2. The highest BCUT2D eigenvalue weighted by molar-refractivity contribution is 7.90. The van der Waals surface area contributed by atoms with Crippen LogP contribution in [0, 0.1) is 17.8 Å². The third-order valence-electron chi connectivity index (χ3n) is 5.44. The first-order valence-electron chi connectivity index (χ1n) is 7.80. The Kier molecular flexibility index (Phi) is 3.67. The number of sulfonamides is 2. The summed E-state index contributed by atoms with van der Waals surface area (Å²) in [6.45, 7) is 0. The Morgan fingerprint density at radius 3 is 2.54 bits per heavy atom. The number of fused-ring (bicyclic) bond motifs is 3. The maximum Gasteiger partial charge on any atom is 0.244 e. The highest BCUT2D eigenvalue weighted by Gasteiger charge is 2.46. The molecule has 0 amide bonds. The lowest BCUT2D eigenvalue weighted by molar-refractivity contribution is 0.283. The van der Waals surface area contributed by atoms with Crippen LogP contribution in [0.2, 0.25) is 5.02 Å². The van der Waals surface area contributed by atoms with Gasteiger partial charge >= 0.3 is 0 Å². The van der Waals surface area contributed by atoms with Gasteiger partial charge in [-0.25, -0.2) is 22.0 Å². The zero-order valence-corrected chi connectivity index (χ0v) is 15.1. The van der Waals surface area contributed by atoms with Crippen molar-refractivity contribution < 1.29 is 16.8 Å². The van der Waals surface area contributed by atoms with Crippen LogP contribution in [-0.2, 0) is 20.0 Å². The van der Waals surface area contributed by atoms with E-state index in [4.69, 9.17) is 16.7 Å². The molecule has 3 aliphatic rings. The molecule has 2 bridgehead atoms. The predicted molar refractivity (Wildman–Crippen MR) is 89.5 cm³/mol. The zero-order valence-electron chi connectivity index (χ0n) is 12.7. The van der Waals surface area contributed by atoms with E-state index in [1.54, 1.807) is 0 Å². The summed E-state index contributed by atoms with van der Waals surface area (Å²) in [5.74, 6) is 1.44. The number of rotatable bonds is 2. The average Bonchev–Trinajstić information content (AvgIpc) is 3.06. The van der Waals surface area contributed by atoms with Gasteiger partial charge < -0.3 is 5.32 Å². The number of hydrogen-bond donors (Lipinski definition) is 3. The van der Waals surface area contributed by atoms with Crippen LogP contribution in [0.1, 0.15) is 25.7 Å². The highest BCUT2D eigenvalue weighted by Crippen LogP contribution is 2.50. The summed E-state index contributed by atoms with van der Waals surface area (Å²) in [5.41, 5.74) is 0.318. The first-order chi connectivity index (χ1) is 11.1. The summed E-state index contributed by atoms with van der Waals surface area (Å²) >= 11 is 5.99. The van der Waals surface area contributed by atoms with Crippen molar-refractivity contribution in [2.75, 3.05) is 5.32 Å². The molecule has 4 N–H and O–H groups in total. The molecule has 0 aromatic heterocycles. The molecule has 24 heavy (non-hydrogen) atoms. The maximum absolute atomic E-state index is 12.6. The van der Waals surface area contributed by atoms with Crippen LogP contribution in [0.4, 0.5) is 5.69 Å². The smallest absolute Gasteiger partial charge is 0.244 e. The second kappa shape index (κ2) is 5.31. The van der Waals surface area contributed by atoms with Gasteiger partial charge in [-0.05, 0) is 49.1 Å². The van der Waals surface area contributed by atoms with E-state index < -0.39 is 31.1 Å². The minimum absolute atomic E-state index is 0.0902. The number of nitrogens with two attached hydrogens (primary N) is 1. The Morgan fingerprint density at radius 1 is 1.21 bits per heavy atom. The molecule has 2 fully saturated rings. The summed E-state index contributed by atoms with van der Waals surface area (Å²) in [5, 5.41) is 8.20. The fraction of sp³-hybridized carbons (Fsp3) is 0.571. The Bertz CT molecular complexity index is 916.